The van der Waals surface area contributed by atoms with Crippen LogP contribution in [0.25, 0.3) is 0 Å². The zero-order valence-corrected chi connectivity index (χ0v) is 14.2. The van der Waals surface area contributed by atoms with E-state index in [0.29, 0.717) is 5.69 Å². The van der Waals surface area contributed by atoms with E-state index in [2.05, 4.69) is 10.2 Å². The fourth-order valence-corrected chi connectivity index (χ4v) is 1.97. The summed E-state index contributed by atoms with van der Waals surface area (Å²) < 4.78 is 32.6. The van der Waals surface area contributed by atoms with E-state index in [1.54, 1.807) is 0 Å². The van der Waals surface area contributed by atoms with Crippen LogP contribution in [0.15, 0.2) is 63.7 Å². The van der Waals surface area contributed by atoms with E-state index in [4.69, 9.17) is 0 Å². The molecule has 0 fully saturated rings. The largest absolute Gasteiger partial charge is 1.00 e. The summed E-state index contributed by atoms with van der Waals surface area (Å²) in [6, 6.07) is 10.4. The Kier molecular flexibility index (Phi) is 6.33. The van der Waals surface area contributed by atoms with Crippen molar-refractivity contribution in [1.29, 1.82) is 0 Å². The zero-order valence-electron chi connectivity index (χ0n) is 11.4. The van der Waals surface area contributed by atoms with Crippen LogP contribution in [0.4, 0.5) is 17.1 Å². The maximum absolute atomic E-state index is 10.9. The molecule has 2 rings (SSSR count). The topological polar surface area (TPSA) is 125 Å². The van der Waals surface area contributed by atoms with Gasteiger partial charge < -0.3 is 4.55 Å². The van der Waals surface area contributed by atoms with Crippen LogP contribution in [-0.4, -0.2) is 17.9 Å². The van der Waals surface area contributed by atoms with Crippen molar-refractivity contribution in [2.45, 2.75) is 4.90 Å². The van der Waals surface area contributed by atoms with Gasteiger partial charge in [-0.15, -0.1) is 0 Å². The third-order valence-electron chi connectivity index (χ3n) is 2.45. The van der Waals surface area contributed by atoms with Gasteiger partial charge >= 0.3 is 29.6 Å². The molecule has 0 radical (unpaired) electrons. The van der Waals surface area contributed by atoms with Crippen LogP contribution in [0.5, 0.6) is 0 Å². The van der Waals surface area contributed by atoms with Crippen LogP contribution < -0.4 is 29.6 Å². The molecular formula is C12H8N3NaO5S. The van der Waals surface area contributed by atoms with Crippen molar-refractivity contribution < 1.29 is 47.5 Å². The molecule has 0 aliphatic heterocycles. The quantitative estimate of drug-likeness (QED) is 0.255. The Labute approximate surface area is 148 Å². The Hall–Kier alpha value is -1.65. The molecule has 0 aliphatic carbocycles. The summed E-state index contributed by atoms with van der Waals surface area (Å²) in [7, 11) is -4.55. The Balaban J connectivity index is 0.00000242. The van der Waals surface area contributed by atoms with Gasteiger partial charge in [-0.3, -0.25) is 10.1 Å². The van der Waals surface area contributed by atoms with Crippen LogP contribution >= 0.6 is 0 Å². The van der Waals surface area contributed by atoms with Crippen molar-refractivity contribution in [3.63, 3.8) is 0 Å². The maximum Gasteiger partial charge on any atom is 1.00 e. The van der Waals surface area contributed by atoms with Gasteiger partial charge in [0.1, 0.15) is 10.1 Å². The van der Waals surface area contributed by atoms with Crippen LogP contribution in [0.2, 0.25) is 0 Å². The van der Waals surface area contributed by atoms with Gasteiger partial charge in [-0.1, -0.05) is 6.07 Å². The first-order valence-electron chi connectivity index (χ1n) is 5.58. The Morgan fingerprint density at radius 3 is 2.09 bits per heavy atom. The molecule has 0 heterocycles. The zero-order chi connectivity index (χ0) is 15.5. The number of nitrogens with zero attached hydrogens (tertiary/aromatic N) is 3. The number of benzene rings is 2. The number of nitro groups is 1. The van der Waals surface area contributed by atoms with Crippen molar-refractivity contribution in [2.75, 3.05) is 0 Å². The van der Waals surface area contributed by atoms with Crippen LogP contribution in [0, 0.1) is 10.1 Å². The number of azo groups is 1. The maximum atomic E-state index is 10.9. The molecule has 10 heteroatoms. The molecule has 0 unspecified atom stereocenters. The van der Waals surface area contributed by atoms with Crippen molar-refractivity contribution in [3.8, 4) is 0 Å². The minimum Gasteiger partial charge on any atom is -0.744 e. The summed E-state index contributed by atoms with van der Waals surface area (Å²) in [5.41, 5.74) is 0.467. The van der Waals surface area contributed by atoms with Crippen molar-refractivity contribution in [3.05, 3.63) is 58.6 Å². The van der Waals surface area contributed by atoms with Gasteiger partial charge in [0, 0.05) is 12.1 Å². The van der Waals surface area contributed by atoms with E-state index in [9.17, 15) is 23.1 Å². The van der Waals surface area contributed by atoms with Gasteiger partial charge in [-0.05, 0) is 30.3 Å². The van der Waals surface area contributed by atoms with E-state index in [0.717, 1.165) is 12.1 Å². The predicted octanol–water partition coefficient (Wildman–Crippen LogP) is -0.0817. The summed E-state index contributed by atoms with van der Waals surface area (Å²) in [5.74, 6) is 0. The predicted molar refractivity (Wildman–Crippen MR) is 71.7 cm³/mol. The molecule has 0 saturated heterocycles. The summed E-state index contributed by atoms with van der Waals surface area (Å²) in [4.78, 5) is 9.55. The summed E-state index contributed by atoms with van der Waals surface area (Å²) in [6.45, 7) is 0. The SMILES string of the molecule is O=[N+]([O-])c1ccc(/N=N/c2cccc(S(=O)(=O)[O-])c2)cc1.[Na+]. The molecule has 0 N–H and O–H groups in total. The number of non-ortho nitro benzene ring substituents is 1. The minimum atomic E-state index is -4.55. The van der Waals surface area contributed by atoms with Gasteiger partial charge in [0.15, 0.2) is 0 Å². The molecule has 0 aliphatic rings. The van der Waals surface area contributed by atoms with E-state index >= 15 is 0 Å². The standard InChI is InChI=1S/C12H9N3O5S.Na/c16-15(17)11-6-4-9(5-7-11)13-14-10-2-1-3-12(8-10)21(18,19)20;/h1-8H,(H,18,19,20);/q;+1/p-1/b14-13+;. The molecule has 2 aromatic rings. The molecular weight excluding hydrogens is 321 g/mol. The third-order valence-corrected chi connectivity index (χ3v) is 3.28. The number of hydrogen-bond acceptors (Lipinski definition) is 7. The first-order chi connectivity index (χ1) is 9.86. The molecule has 0 aromatic heterocycles. The number of rotatable bonds is 4. The average molecular weight is 329 g/mol. The fraction of sp³-hybridized carbons (Fsp3) is 0. The third kappa shape index (κ3) is 4.97. The molecule has 0 spiro atoms. The first kappa shape index (κ1) is 18.4. The monoisotopic (exact) mass is 329 g/mol. The molecule has 0 amide bonds. The molecule has 0 atom stereocenters. The minimum absolute atomic E-state index is 0. The molecule has 108 valence electrons. The van der Waals surface area contributed by atoms with Crippen molar-refractivity contribution in [2.24, 2.45) is 10.2 Å². The summed E-state index contributed by atoms with van der Waals surface area (Å²) in [5, 5.41) is 18.1. The Morgan fingerprint density at radius 1 is 0.955 bits per heavy atom. The molecule has 0 saturated carbocycles. The molecule has 2 aromatic carbocycles. The summed E-state index contributed by atoms with van der Waals surface area (Å²) >= 11 is 0. The molecule has 22 heavy (non-hydrogen) atoms. The first-order valence-corrected chi connectivity index (χ1v) is 6.99. The fourth-order valence-electron chi connectivity index (χ4n) is 1.46. The van der Waals surface area contributed by atoms with Crippen LogP contribution in [-0.2, 0) is 10.1 Å². The van der Waals surface area contributed by atoms with Gasteiger partial charge in [-0.2, -0.15) is 10.2 Å². The number of hydrogen-bond donors (Lipinski definition) is 0. The normalized spacial score (nSPS) is 11.1. The second kappa shape index (κ2) is 7.56. The van der Waals surface area contributed by atoms with Gasteiger partial charge in [0.2, 0.25) is 0 Å². The van der Waals surface area contributed by atoms with Gasteiger partial charge in [-0.25, -0.2) is 8.42 Å². The number of nitro benzene ring substituents is 1. The molecule has 0 bridgehead atoms. The van der Waals surface area contributed by atoms with Crippen LogP contribution in [0.1, 0.15) is 0 Å². The Morgan fingerprint density at radius 2 is 1.55 bits per heavy atom. The molecule has 8 nitrogen and oxygen atoms in total. The summed E-state index contributed by atoms with van der Waals surface area (Å²) in [6.07, 6.45) is 0. The van der Waals surface area contributed by atoms with Crippen molar-refractivity contribution in [1.82, 2.24) is 0 Å². The average Bonchev–Trinajstić information content (AvgIpc) is 2.45. The van der Waals surface area contributed by atoms with Crippen molar-refractivity contribution >= 4 is 27.2 Å². The van der Waals surface area contributed by atoms with Crippen LogP contribution in [0.3, 0.4) is 0 Å². The van der Waals surface area contributed by atoms with E-state index in [-0.39, 0.29) is 40.9 Å². The van der Waals surface area contributed by atoms with E-state index < -0.39 is 19.9 Å². The van der Waals surface area contributed by atoms with E-state index in [1.807, 2.05) is 0 Å². The second-order valence-electron chi connectivity index (χ2n) is 3.92. The van der Waals surface area contributed by atoms with Gasteiger partial charge in [0.25, 0.3) is 5.69 Å². The Bertz CT molecular complexity index is 806. The smallest absolute Gasteiger partial charge is 0.744 e. The van der Waals surface area contributed by atoms with E-state index in [1.165, 1.54) is 36.4 Å². The second-order valence-corrected chi connectivity index (χ2v) is 5.30. The van der Waals surface area contributed by atoms with Gasteiger partial charge in [0.05, 0.1) is 21.2 Å².